The smallest absolute Gasteiger partial charge is 0.323 e. The molecule has 4 heteroatoms. The minimum atomic E-state index is -0.814. The van der Waals surface area contributed by atoms with Crippen molar-refractivity contribution in [2.75, 3.05) is 19.8 Å². The Morgan fingerprint density at radius 1 is 1.31 bits per heavy atom. The van der Waals surface area contributed by atoms with E-state index in [4.69, 9.17) is 9.84 Å². The number of carbonyl (C=O) groups is 1. The van der Waals surface area contributed by atoms with Crippen LogP contribution in [0, 0.1) is 0 Å². The first-order valence-corrected chi connectivity index (χ1v) is 6.13. The van der Waals surface area contributed by atoms with Gasteiger partial charge in [0.25, 0.3) is 0 Å². The number of ether oxygens (including phenoxy) is 1. The molecule has 0 saturated heterocycles. The lowest BCUT2D eigenvalue weighted by molar-refractivity contribution is -0.144. The topological polar surface area (TPSA) is 58.6 Å². The largest absolute Gasteiger partial charge is 0.480 e. The molecule has 0 heterocycles. The number of hydrogen-bond acceptors (Lipinski definition) is 3. The van der Waals surface area contributed by atoms with Crippen molar-refractivity contribution in [3.05, 3.63) is 0 Å². The van der Waals surface area contributed by atoms with E-state index in [0.717, 1.165) is 32.4 Å². The minimum Gasteiger partial charge on any atom is -0.480 e. The lowest BCUT2D eigenvalue weighted by Gasteiger charge is -2.26. The summed E-state index contributed by atoms with van der Waals surface area (Å²) in [6, 6.07) is 0. The molecule has 0 aliphatic heterocycles. The molecule has 4 nitrogen and oxygen atoms in total. The van der Waals surface area contributed by atoms with E-state index in [1.54, 1.807) is 6.92 Å². The zero-order chi connectivity index (χ0) is 12.4. The van der Waals surface area contributed by atoms with E-state index >= 15 is 0 Å². The third kappa shape index (κ3) is 6.08. The molecular formula is C12H25NO3. The zero-order valence-corrected chi connectivity index (χ0v) is 10.7. The molecule has 0 bridgehead atoms. The van der Waals surface area contributed by atoms with Crippen molar-refractivity contribution in [3.8, 4) is 0 Å². The van der Waals surface area contributed by atoms with Crippen molar-refractivity contribution < 1.29 is 14.6 Å². The highest BCUT2D eigenvalue weighted by Gasteiger charge is 2.31. The van der Waals surface area contributed by atoms with Gasteiger partial charge in [-0.05, 0) is 39.2 Å². The van der Waals surface area contributed by atoms with E-state index in [0.29, 0.717) is 13.0 Å². The molecule has 0 rings (SSSR count). The summed E-state index contributed by atoms with van der Waals surface area (Å²) < 4.78 is 5.34. The van der Waals surface area contributed by atoms with Gasteiger partial charge in [0.05, 0.1) is 0 Å². The van der Waals surface area contributed by atoms with Gasteiger partial charge in [0.2, 0.25) is 0 Å². The van der Waals surface area contributed by atoms with Crippen LogP contribution >= 0.6 is 0 Å². The van der Waals surface area contributed by atoms with Crippen molar-refractivity contribution in [3.63, 3.8) is 0 Å². The molecule has 0 fully saturated rings. The first-order chi connectivity index (χ1) is 7.56. The highest BCUT2D eigenvalue weighted by Crippen LogP contribution is 2.13. The Morgan fingerprint density at radius 2 is 2.00 bits per heavy atom. The Bertz CT molecular complexity index is 197. The summed E-state index contributed by atoms with van der Waals surface area (Å²) in [5.41, 5.74) is -0.814. The number of carboxylic acid groups (broad SMARTS) is 1. The monoisotopic (exact) mass is 231 g/mol. The van der Waals surface area contributed by atoms with Crippen molar-refractivity contribution in [1.29, 1.82) is 0 Å². The molecule has 1 unspecified atom stereocenters. The van der Waals surface area contributed by atoms with Gasteiger partial charge in [-0.2, -0.15) is 0 Å². The van der Waals surface area contributed by atoms with Crippen LogP contribution in [0.4, 0.5) is 0 Å². The minimum absolute atomic E-state index is 0.603. The summed E-state index contributed by atoms with van der Waals surface area (Å²) in [6.07, 6.45) is 3.32. The van der Waals surface area contributed by atoms with Crippen molar-refractivity contribution in [1.82, 2.24) is 5.32 Å². The van der Waals surface area contributed by atoms with E-state index in [9.17, 15) is 4.79 Å². The van der Waals surface area contributed by atoms with Crippen LogP contribution in [-0.4, -0.2) is 36.4 Å². The highest BCUT2D eigenvalue weighted by molar-refractivity contribution is 5.78. The number of hydrogen-bond donors (Lipinski definition) is 2. The summed E-state index contributed by atoms with van der Waals surface area (Å²) in [7, 11) is 0. The fourth-order valence-corrected chi connectivity index (χ4v) is 1.45. The van der Waals surface area contributed by atoms with Gasteiger partial charge in [-0.1, -0.05) is 13.8 Å². The van der Waals surface area contributed by atoms with Crippen LogP contribution in [0.3, 0.4) is 0 Å². The Morgan fingerprint density at radius 3 is 2.50 bits per heavy atom. The second-order valence-electron chi connectivity index (χ2n) is 4.28. The van der Waals surface area contributed by atoms with Gasteiger partial charge in [-0.15, -0.1) is 0 Å². The lowest BCUT2D eigenvalue weighted by atomic mass is 9.96. The van der Waals surface area contributed by atoms with Crippen LogP contribution in [0.2, 0.25) is 0 Å². The average molecular weight is 231 g/mol. The molecular weight excluding hydrogens is 206 g/mol. The van der Waals surface area contributed by atoms with Gasteiger partial charge in [-0.3, -0.25) is 4.79 Å². The van der Waals surface area contributed by atoms with E-state index in [1.165, 1.54) is 0 Å². The van der Waals surface area contributed by atoms with E-state index < -0.39 is 11.5 Å². The fraction of sp³-hybridized carbons (Fsp3) is 0.917. The third-order valence-electron chi connectivity index (χ3n) is 2.55. The standard InChI is InChI=1S/C12H25NO3/c1-4-8-13-12(3,11(14)15)7-6-10-16-9-5-2/h13H,4-10H2,1-3H3,(H,14,15). The van der Waals surface area contributed by atoms with E-state index in [-0.39, 0.29) is 0 Å². The van der Waals surface area contributed by atoms with Crippen molar-refractivity contribution >= 4 is 5.97 Å². The van der Waals surface area contributed by atoms with Gasteiger partial charge < -0.3 is 15.2 Å². The molecule has 0 spiro atoms. The average Bonchev–Trinajstić information content (AvgIpc) is 2.26. The molecule has 0 aromatic carbocycles. The number of nitrogens with one attached hydrogen (secondary N) is 1. The summed E-state index contributed by atoms with van der Waals surface area (Å²) >= 11 is 0. The van der Waals surface area contributed by atoms with Crippen LogP contribution in [-0.2, 0) is 9.53 Å². The van der Waals surface area contributed by atoms with Gasteiger partial charge in [0, 0.05) is 13.2 Å². The second kappa shape index (κ2) is 8.53. The fourth-order valence-electron chi connectivity index (χ4n) is 1.45. The first kappa shape index (κ1) is 15.4. The Hall–Kier alpha value is -0.610. The summed E-state index contributed by atoms with van der Waals surface area (Å²) in [6.45, 7) is 7.96. The first-order valence-electron chi connectivity index (χ1n) is 6.13. The lowest BCUT2D eigenvalue weighted by Crippen LogP contribution is -2.49. The molecule has 0 aromatic heterocycles. The molecule has 96 valence electrons. The Kier molecular flexibility index (Phi) is 8.21. The van der Waals surface area contributed by atoms with Crippen LogP contribution in [0.15, 0.2) is 0 Å². The quantitative estimate of drug-likeness (QED) is 0.565. The Labute approximate surface area is 98.4 Å². The maximum absolute atomic E-state index is 11.1. The van der Waals surface area contributed by atoms with Crippen LogP contribution in [0.1, 0.15) is 46.5 Å². The zero-order valence-electron chi connectivity index (χ0n) is 10.7. The van der Waals surface area contributed by atoms with Crippen LogP contribution < -0.4 is 5.32 Å². The van der Waals surface area contributed by atoms with Crippen molar-refractivity contribution in [2.45, 2.75) is 52.0 Å². The van der Waals surface area contributed by atoms with Crippen LogP contribution in [0.5, 0.6) is 0 Å². The molecule has 1 atom stereocenters. The van der Waals surface area contributed by atoms with Gasteiger partial charge >= 0.3 is 5.97 Å². The van der Waals surface area contributed by atoms with Gasteiger partial charge in [0.1, 0.15) is 5.54 Å². The maximum Gasteiger partial charge on any atom is 0.323 e. The molecule has 2 N–H and O–H groups in total. The molecule has 0 aliphatic carbocycles. The molecule has 0 radical (unpaired) electrons. The normalized spacial score (nSPS) is 14.7. The molecule has 0 aliphatic rings. The SMILES string of the molecule is CCCNC(C)(CCCOCCC)C(=O)O. The summed E-state index contributed by atoms with van der Waals surface area (Å²) in [5, 5.41) is 12.2. The maximum atomic E-state index is 11.1. The number of aliphatic carboxylic acids is 1. The molecule has 0 saturated carbocycles. The number of rotatable bonds is 10. The van der Waals surface area contributed by atoms with Gasteiger partial charge in [0.15, 0.2) is 0 Å². The van der Waals surface area contributed by atoms with E-state index in [2.05, 4.69) is 12.2 Å². The molecule has 16 heavy (non-hydrogen) atoms. The summed E-state index contributed by atoms with van der Waals surface area (Å²) in [5.74, 6) is -0.781. The molecule has 0 aromatic rings. The molecule has 0 amide bonds. The number of carboxylic acids is 1. The third-order valence-corrected chi connectivity index (χ3v) is 2.55. The predicted molar refractivity (Wildman–Crippen MR) is 64.7 cm³/mol. The van der Waals surface area contributed by atoms with Crippen molar-refractivity contribution in [2.24, 2.45) is 0 Å². The predicted octanol–water partition coefficient (Wildman–Crippen LogP) is 2.04. The summed E-state index contributed by atoms with van der Waals surface area (Å²) in [4.78, 5) is 11.1. The second-order valence-corrected chi connectivity index (χ2v) is 4.28. The van der Waals surface area contributed by atoms with E-state index in [1.807, 2.05) is 6.92 Å². The highest BCUT2D eigenvalue weighted by atomic mass is 16.5. The Balaban J connectivity index is 3.88. The van der Waals surface area contributed by atoms with Gasteiger partial charge in [-0.25, -0.2) is 0 Å². The van der Waals surface area contributed by atoms with Crippen LogP contribution in [0.25, 0.3) is 0 Å².